The number of aliphatic hydroxyl groups excluding tert-OH is 3. The van der Waals surface area contributed by atoms with Crippen molar-refractivity contribution in [2.45, 2.75) is 106 Å². The van der Waals surface area contributed by atoms with E-state index in [0.29, 0.717) is 30.8 Å². The lowest BCUT2D eigenvalue weighted by Gasteiger charge is -2.44. The molecule has 0 aliphatic carbocycles. The van der Waals surface area contributed by atoms with Gasteiger partial charge < -0.3 is 35.4 Å². The lowest BCUT2D eigenvalue weighted by atomic mass is 9.85. The minimum atomic E-state index is -1.33. The first-order chi connectivity index (χ1) is 16.2. The Balaban J connectivity index is 1.45. The molecule has 4 aliphatic rings. The van der Waals surface area contributed by atoms with Crippen molar-refractivity contribution in [2.75, 3.05) is 13.2 Å². The fraction of sp³-hybridized carbons (Fsp3) is 0.880. The van der Waals surface area contributed by atoms with E-state index >= 15 is 0 Å². The molecule has 4 aliphatic heterocycles. The molecule has 34 heavy (non-hydrogen) atoms. The maximum absolute atomic E-state index is 13.4. The highest BCUT2D eigenvalue weighted by Crippen LogP contribution is 2.36. The van der Waals surface area contributed by atoms with Crippen LogP contribution in [0.25, 0.3) is 0 Å². The summed E-state index contributed by atoms with van der Waals surface area (Å²) in [4.78, 5) is 13.4. The van der Waals surface area contributed by atoms with Gasteiger partial charge in [-0.15, -0.1) is 11.8 Å². The molecule has 0 radical (unpaired) electrons. The molecule has 8 nitrogen and oxygen atoms in total. The summed E-state index contributed by atoms with van der Waals surface area (Å²) in [5.41, 5.74) is -0.665. The molecule has 0 aromatic heterocycles. The van der Waals surface area contributed by atoms with Crippen molar-refractivity contribution >= 4 is 17.7 Å². The van der Waals surface area contributed by atoms with Crippen LogP contribution in [0.3, 0.4) is 0 Å². The smallest absolute Gasteiger partial charge is 0.240 e. The number of ether oxygens (including phenoxy) is 2. The van der Waals surface area contributed by atoms with Gasteiger partial charge in [-0.25, -0.2) is 0 Å². The van der Waals surface area contributed by atoms with Crippen LogP contribution in [0.15, 0.2) is 12.2 Å². The second-order valence-corrected chi connectivity index (χ2v) is 12.5. The number of allylic oxidation sites excluding steroid dienone is 1. The third kappa shape index (κ3) is 5.99. The van der Waals surface area contributed by atoms with Gasteiger partial charge in [-0.2, -0.15) is 0 Å². The molecule has 3 fully saturated rings. The van der Waals surface area contributed by atoms with E-state index in [-0.39, 0.29) is 17.3 Å². The molecule has 0 aromatic carbocycles. The molecule has 194 valence electrons. The molecular formula is C25H42N2O6S. The molecule has 11 atom stereocenters. The van der Waals surface area contributed by atoms with Crippen LogP contribution in [0, 0.1) is 17.8 Å². The Hall–Kier alpha value is -0.680. The largest absolute Gasteiger partial charge is 0.388 e. The zero-order chi connectivity index (χ0) is 24.4. The maximum atomic E-state index is 13.4. The number of aliphatic hydroxyl groups is 3. The highest BCUT2D eigenvalue weighted by molar-refractivity contribution is 8.00. The SMILES string of the molecule is CC(C)C[C@@H]1CCO[C@@H]2[C@H](CN[C@@H]2C(=O)N[C@@H]2C/C=C\C[C@@H](C)SC3OC2C(O)C(O)C3O)C1. The second kappa shape index (κ2) is 11.6. The van der Waals surface area contributed by atoms with Crippen LogP contribution in [0.2, 0.25) is 0 Å². The van der Waals surface area contributed by atoms with Crippen molar-refractivity contribution in [3.63, 3.8) is 0 Å². The summed E-state index contributed by atoms with van der Waals surface area (Å²) >= 11 is 1.44. The van der Waals surface area contributed by atoms with Crippen molar-refractivity contribution in [1.29, 1.82) is 0 Å². The predicted molar refractivity (Wildman–Crippen MR) is 131 cm³/mol. The average molecular weight is 499 g/mol. The number of carbonyl (C=O) groups is 1. The van der Waals surface area contributed by atoms with Crippen LogP contribution in [0.1, 0.15) is 52.9 Å². The summed E-state index contributed by atoms with van der Waals surface area (Å²) in [6, 6.07) is -0.985. The van der Waals surface area contributed by atoms with Crippen LogP contribution in [-0.2, 0) is 14.3 Å². The normalized spacial score (nSPS) is 46.4. The number of nitrogens with one attached hydrogen (secondary N) is 2. The standard InChI is InChI=1S/C25H42N2O6S/c1-13(2)10-15-8-9-32-22-16(11-15)12-26-18(22)24(31)27-17-7-5-4-6-14(3)34-25-21(30)19(28)20(29)23(17)33-25/h4-5,13-23,25-26,28-30H,6-12H2,1-3H3,(H,27,31)/b5-4-/t14-,15+,16+,17-,18+,19?,20?,21?,22-,23?,25?/m1/s1. The lowest BCUT2D eigenvalue weighted by Crippen LogP contribution is -2.64. The van der Waals surface area contributed by atoms with Gasteiger partial charge in [0.05, 0.1) is 12.1 Å². The third-order valence-electron chi connectivity index (χ3n) is 7.67. The zero-order valence-electron chi connectivity index (χ0n) is 20.5. The Morgan fingerprint density at radius 2 is 1.91 bits per heavy atom. The first kappa shape index (κ1) is 26.4. The summed E-state index contributed by atoms with van der Waals surface area (Å²) in [6.45, 7) is 7.97. The van der Waals surface area contributed by atoms with E-state index in [1.165, 1.54) is 18.2 Å². The van der Waals surface area contributed by atoms with Crippen LogP contribution >= 0.6 is 11.8 Å². The molecule has 5 unspecified atom stereocenters. The number of hydrogen-bond donors (Lipinski definition) is 5. The fourth-order valence-electron chi connectivity index (χ4n) is 5.95. The Morgan fingerprint density at radius 3 is 2.68 bits per heavy atom. The Bertz CT molecular complexity index is 724. The topological polar surface area (TPSA) is 120 Å². The van der Waals surface area contributed by atoms with Crippen molar-refractivity contribution in [3.05, 3.63) is 12.2 Å². The number of rotatable bonds is 4. The number of amides is 1. The second-order valence-electron chi connectivity index (χ2n) is 10.9. The van der Waals surface area contributed by atoms with Gasteiger partial charge >= 0.3 is 0 Å². The quantitative estimate of drug-likeness (QED) is 0.367. The fourth-order valence-corrected chi connectivity index (χ4v) is 7.15. The summed E-state index contributed by atoms with van der Waals surface area (Å²) in [7, 11) is 0. The van der Waals surface area contributed by atoms with Crippen molar-refractivity contribution in [1.82, 2.24) is 10.6 Å². The number of thioether (sulfide) groups is 1. The van der Waals surface area contributed by atoms with Gasteiger partial charge in [0, 0.05) is 18.4 Å². The summed E-state index contributed by atoms with van der Waals surface area (Å²) in [5, 5.41) is 38.3. The van der Waals surface area contributed by atoms with E-state index in [1.54, 1.807) is 0 Å². The lowest BCUT2D eigenvalue weighted by molar-refractivity contribution is -0.205. The zero-order valence-corrected chi connectivity index (χ0v) is 21.3. The maximum Gasteiger partial charge on any atom is 0.240 e. The van der Waals surface area contributed by atoms with Crippen LogP contribution in [0.5, 0.6) is 0 Å². The molecule has 5 N–H and O–H groups in total. The monoisotopic (exact) mass is 498 g/mol. The predicted octanol–water partition coefficient (Wildman–Crippen LogP) is 1.18. The van der Waals surface area contributed by atoms with Gasteiger partial charge in [0.25, 0.3) is 0 Å². The van der Waals surface area contributed by atoms with Gasteiger partial charge in [0.1, 0.15) is 35.9 Å². The third-order valence-corrected chi connectivity index (χ3v) is 8.99. The molecule has 0 saturated carbocycles. The highest BCUT2D eigenvalue weighted by Gasteiger charge is 2.49. The van der Waals surface area contributed by atoms with Gasteiger partial charge in [0.2, 0.25) is 5.91 Å². The van der Waals surface area contributed by atoms with Gasteiger partial charge in [0.15, 0.2) is 0 Å². The molecule has 9 heteroatoms. The minimum absolute atomic E-state index is 0.166. The van der Waals surface area contributed by atoms with E-state index in [2.05, 4.69) is 30.6 Å². The van der Waals surface area contributed by atoms with E-state index in [4.69, 9.17) is 9.47 Å². The van der Waals surface area contributed by atoms with E-state index < -0.39 is 41.9 Å². The molecular weight excluding hydrogens is 456 g/mol. The van der Waals surface area contributed by atoms with E-state index in [9.17, 15) is 20.1 Å². The van der Waals surface area contributed by atoms with Crippen molar-refractivity contribution < 1.29 is 29.6 Å². The minimum Gasteiger partial charge on any atom is -0.388 e. The van der Waals surface area contributed by atoms with Gasteiger partial charge in [-0.3, -0.25) is 4.79 Å². The Labute approximate surface area is 207 Å². The summed E-state index contributed by atoms with van der Waals surface area (Å²) < 4.78 is 12.3. The molecule has 0 aromatic rings. The highest BCUT2D eigenvalue weighted by atomic mass is 32.2. The Kier molecular flexibility index (Phi) is 8.99. The molecule has 4 heterocycles. The number of carbonyl (C=O) groups excluding carboxylic acids is 1. The van der Waals surface area contributed by atoms with E-state index in [1.807, 2.05) is 13.0 Å². The number of hydrogen-bond acceptors (Lipinski definition) is 8. The van der Waals surface area contributed by atoms with Crippen molar-refractivity contribution in [2.24, 2.45) is 17.8 Å². The van der Waals surface area contributed by atoms with Gasteiger partial charge in [-0.1, -0.05) is 32.9 Å². The first-order valence-electron chi connectivity index (χ1n) is 12.9. The Morgan fingerprint density at radius 1 is 1.15 bits per heavy atom. The van der Waals surface area contributed by atoms with E-state index in [0.717, 1.165) is 25.8 Å². The van der Waals surface area contributed by atoms with Crippen molar-refractivity contribution in [3.8, 4) is 0 Å². The summed E-state index contributed by atoms with van der Waals surface area (Å²) in [6.07, 6.45) is 3.81. The first-order valence-corrected chi connectivity index (χ1v) is 13.8. The average Bonchev–Trinajstić information content (AvgIpc) is 3.07. The van der Waals surface area contributed by atoms with Crippen LogP contribution < -0.4 is 10.6 Å². The molecule has 1 amide bonds. The van der Waals surface area contributed by atoms with Crippen LogP contribution in [-0.4, -0.2) is 87.7 Å². The summed E-state index contributed by atoms with van der Waals surface area (Å²) in [5.74, 6) is 1.41. The molecule has 0 spiro atoms. The van der Waals surface area contributed by atoms with Gasteiger partial charge in [-0.05, 0) is 49.9 Å². The molecule has 3 saturated heterocycles. The molecule has 2 bridgehead atoms. The van der Waals surface area contributed by atoms with Crippen LogP contribution in [0.4, 0.5) is 0 Å². The number of fused-ring (bicyclic) bond motifs is 3. The molecule has 4 rings (SSSR count).